The van der Waals surface area contributed by atoms with Crippen LogP contribution in [-0.4, -0.2) is 16.2 Å². The first-order valence-electron chi connectivity index (χ1n) is 3.89. The van der Waals surface area contributed by atoms with Gasteiger partial charge in [0.1, 0.15) is 6.10 Å². The number of aliphatic hydroxyl groups is 1. The van der Waals surface area contributed by atoms with Crippen molar-refractivity contribution in [3.8, 4) is 0 Å². The van der Waals surface area contributed by atoms with Crippen molar-refractivity contribution in [1.29, 1.82) is 0 Å². The van der Waals surface area contributed by atoms with Crippen LogP contribution in [0.2, 0.25) is 0 Å². The van der Waals surface area contributed by atoms with Gasteiger partial charge in [-0.05, 0) is 25.0 Å². The first-order chi connectivity index (χ1) is 5.80. The minimum atomic E-state index is -1.48. The molecule has 13 heavy (non-hydrogen) atoms. The molecule has 1 rings (SSSR count). The van der Waals surface area contributed by atoms with E-state index in [4.69, 9.17) is 28.8 Å². The molecule has 0 heterocycles. The molecule has 2 atom stereocenters. The lowest BCUT2D eigenvalue weighted by Gasteiger charge is -2.35. The summed E-state index contributed by atoms with van der Waals surface area (Å²) >= 11 is 5.86. The van der Waals surface area contributed by atoms with Gasteiger partial charge in [-0.1, -0.05) is 11.6 Å². The molecule has 0 saturated carbocycles. The first kappa shape index (κ1) is 10.4. The molecule has 0 radical (unpaired) electrons. The largest absolute Gasteiger partial charge is 0.398 e. The van der Waals surface area contributed by atoms with Crippen LogP contribution >= 0.6 is 11.6 Å². The molecule has 0 aliphatic heterocycles. The minimum Gasteiger partial charge on any atom is -0.398 e. The summed E-state index contributed by atoms with van der Waals surface area (Å²) in [6.45, 7) is 3.50. The average molecular weight is 204 g/mol. The molecule has 0 amide bonds. The van der Waals surface area contributed by atoms with E-state index in [1.54, 1.807) is 13.8 Å². The zero-order chi connectivity index (χ0) is 10.4. The van der Waals surface area contributed by atoms with Gasteiger partial charge in [0, 0.05) is 0 Å². The number of halogens is 1. The number of alkyl halides is 1. The van der Waals surface area contributed by atoms with Crippen molar-refractivity contribution in [2.75, 3.05) is 0 Å². The van der Waals surface area contributed by atoms with Crippen LogP contribution in [-0.2, 0) is 0 Å². The van der Waals surface area contributed by atoms with Crippen LogP contribution in [0.1, 0.15) is 13.8 Å². The van der Waals surface area contributed by atoms with E-state index in [0.29, 0.717) is 11.3 Å². The summed E-state index contributed by atoms with van der Waals surface area (Å²) in [5, 5.41) is 9.68. The van der Waals surface area contributed by atoms with E-state index in [2.05, 4.69) is 0 Å². The van der Waals surface area contributed by atoms with Gasteiger partial charge in [-0.15, -0.1) is 0 Å². The number of hydrogen-bond donors (Lipinski definition) is 4. The Hall–Kier alpha value is -0.710. The van der Waals surface area contributed by atoms with E-state index in [1.165, 1.54) is 0 Å². The third-order valence-electron chi connectivity index (χ3n) is 2.51. The summed E-state index contributed by atoms with van der Waals surface area (Å²) in [6, 6.07) is 0. The smallest absolute Gasteiger partial charge is 0.163 e. The maximum absolute atomic E-state index is 9.68. The Labute approximate surface area is 82.0 Å². The number of nitrogens with two attached hydrogens (primary N) is 3. The Balaban J connectivity index is 3.32. The summed E-state index contributed by atoms with van der Waals surface area (Å²) in [6.07, 6.45) is -0.985. The molecule has 0 fully saturated rings. The van der Waals surface area contributed by atoms with Gasteiger partial charge in [-0.2, -0.15) is 0 Å². The molecule has 4 nitrogen and oxygen atoms in total. The monoisotopic (exact) mass is 203 g/mol. The second-order valence-electron chi connectivity index (χ2n) is 3.31. The fourth-order valence-corrected chi connectivity index (χ4v) is 1.55. The van der Waals surface area contributed by atoms with Crippen molar-refractivity contribution in [1.82, 2.24) is 0 Å². The number of rotatable bonds is 0. The fraction of sp³-hybridized carbons (Fsp3) is 0.500. The van der Waals surface area contributed by atoms with Gasteiger partial charge < -0.3 is 22.3 Å². The summed E-state index contributed by atoms with van der Waals surface area (Å²) in [5.41, 5.74) is 18.8. The molecule has 0 aromatic rings. The van der Waals surface area contributed by atoms with Gasteiger partial charge in [-0.25, -0.2) is 0 Å². The minimum absolute atomic E-state index is 0.129. The Bertz CT molecular complexity index is 307. The van der Waals surface area contributed by atoms with E-state index >= 15 is 0 Å². The normalized spacial score (nSPS) is 35.6. The quantitative estimate of drug-likeness (QED) is 0.322. The average Bonchev–Trinajstić information content (AvgIpc) is 2.09. The fourth-order valence-electron chi connectivity index (χ4n) is 1.29. The lowest BCUT2D eigenvalue weighted by Crippen LogP contribution is -2.53. The molecular weight excluding hydrogens is 190 g/mol. The van der Waals surface area contributed by atoms with Crippen LogP contribution in [0.5, 0.6) is 0 Å². The number of allylic oxidation sites excluding steroid dienone is 1. The van der Waals surface area contributed by atoms with Crippen molar-refractivity contribution >= 4 is 11.6 Å². The van der Waals surface area contributed by atoms with E-state index < -0.39 is 11.1 Å². The second kappa shape index (κ2) is 2.90. The highest BCUT2D eigenvalue weighted by Crippen LogP contribution is 2.33. The highest BCUT2D eigenvalue weighted by atomic mass is 35.5. The topological polar surface area (TPSA) is 98.3 Å². The Morgan fingerprint density at radius 2 is 1.85 bits per heavy atom. The summed E-state index contributed by atoms with van der Waals surface area (Å²) in [5.74, 6) is 0. The van der Waals surface area contributed by atoms with Gasteiger partial charge in [0.05, 0.1) is 11.4 Å². The summed E-state index contributed by atoms with van der Waals surface area (Å²) in [4.78, 5) is -1.48. The molecule has 2 unspecified atom stereocenters. The van der Waals surface area contributed by atoms with Crippen LogP contribution in [0.3, 0.4) is 0 Å². The van der Waals surface area contributed by atoms with Gasteiger partial charge in [0.25, 0.3) is 0 Å². The van der Waals surface area contributed by atoms with Crippen LogP contribution < -0.4 is 17.2 Å². The molecular formula is C8H14ClN3O. The van der Waals surface area contributed by atoms with Gasteiger partial charge in [0.2, 0.25) is 0 Å². The van der Waals surface area contributed by atoms with Crippen molar-refractivity contribution in [3.05, 3.63) is 22.5 Å². The summed E-state index contributed by atoms with van der Waals surface area (Å²) < 4.78 is 0. The predicted molar refractivity (Wildman–Crippen MR) is 52.6 cm³/mol. The zero-order valence-corrected chi connectivity index (χ0v) is 8.39. The van der Waals surface area contributed by atoms with Crippen LogP contribution in [0, 0.1) is 0 Å². The van der Waals surface area contributed by atoms with E-state index in [0.717, 1.165) is 5.57 Å². The third kappa shape index (κ3) is 1.31. The third-order valence-corrected chi connectivity index (χ3v) is 2.92. The second-order valence-corrected chi connectivity index (χ2v) is 3.93. The van der Waals surface area contributed by atoms with Gasteiger partial charge in [0.15, 0.2) is 5.00 Å². The molecule has 0 aromatic carbocycles. The van der Waals surface area contributed by atoms with Crippen molar-refractivity contribution < 1.29 is 5.11 Å². The molecule has 0 saturated heterocycles. The Kier molecular flexibility index (Phi) is 2.32. The van der Waals surface area contributed by atoms with Crippen LogP contribution in [0.4, 0.5) is 0 Å². The lowest BCUT2D eigenvalue weighted by molar-refractivity contribution is 0.170. The van der Waals surface area contributed by atoms with Gasteiger partial charge in [-0.3, -0.25) is 0 Å². The number of hydrogen-bond acceptors (Lipinski definition) is 4. The van der Waals surface area contributed by atoms with Crippen LogP contribution in [0.15, 0.2) is 22.5 Å². The molecule has 0 spiro atoms. The molecule has 1 aliphatic rings. The Morgan fingerprint density at radius 3 is 2.31 bits per heavy atom. The van der Waals surface area contributed by atoms with Crippen LogP contribution in [0.25, 0.3) is 0 Å². The van der Waals surface area contributed by atoms with E-state index in [1.807, 2.05) is 0 Å². The molecule has 74 valence electrons. The maximum Gasteiger partial charge on any atom is 0.163 e. The zero-order valence-electron chi connectivity index (χ0n) is 7.63. The van der Waals surface area contributed by atoms with Crippen molar-refractivity contribution in [2.45, 2.75) is 24.9 Å². The molecule has 7 N–H and O–H groups in total. The highest BCUT2D eigenvalue weighted by Gasteiger charge is 2.41. The standard InChI is InChI=1S/C8H14ClN3O/c1-3-4(2)7(13)8(9,12)6(11)5(3)10/h7,13H,10-12H2,1-2H3. The molecule has 0 aromatic heterocycles. The van der Waals surface area contributed by atoms with Gasteiger partial charge >= 0.3 is 0 Å². The lowest BCUT2D eigenvalue weighted by atomic mass is 9.89. The van der Waals surface area contributed by atoms with Crippen molar-refractivity contribution in [3.63, 3.8) is 0 Å². The first-order valence-corrected chi connectivity index (χ1v) is 4.27. The molecule has 0 bridgehead atoms. The highest BCUT2D eigenvalue weighted by molar-refractivity contribution is 6.26. The molecule has 1 aliphatic carbocycles. The Morgan fingerprint density at radius 1 is 1.38 bits per heavy atom. The predicted octanol–water partition coefficient (Wildman–Crippen LogP) is -0.280. The SMILES string of the molecule is CC1=C(C)C(O)C(N)(Cl)C(N)=C1N. The van der Waals surface area contributed by atoms with Crippen molar-refractivity contribution in [2.24, 2.45) is 17.2 Å². The maximum atomic E-state index is 9.68. The summed E-state index contributed by atoms with van der Waals surface area (Å²) in [7, 11) is 0. The molecule has 5 heteroatoms. The van der Waals surface area contributed by atoms with E-state index in [-0.39, 0.29) is 5.70 Å². The van der Waals surface area contributed by atoms with E-state index in [9.17, 15) is 5.11 Å². The number of aliphatic hydroxyl groups excluding tert-OH is 1.